The second kappa shape index (κ2) is 9.40. The zero-order valence-electron chi connectivity index (χ0n) is 18.7. The van der Waals surface area contributed by atoms with E-state index in [1.54, 1.807) is 6.92 Å². The standard InChI is InChI=1S/C25H26F2N2O5/c1-2-29(12-11-21(30)31)23(32)22-20(25(22,26)27)13-28-24(33)34-14-19-17-9-5-3-7-15(17)16-8-4-6-10-18(16)19/h3-10,19-20,22H,2,11-14H2,1H3,(H,28,33)(H,30,31)/t20-,22-/m0/s1. The van der Waals surface area contributed by atoms with Crippen molar-refractivity contribution in [1.29, 1.82) is 0 Å². The highest BCUT2D eigenvalue weighted by Gasteiger charge is 2.72. The third-order valence-corrected chi connectivity index (χ3v) is 6.57. The van der Waals surface area contributed by atoms with Crippen LogP contribution >= 0.6 is 0 Å². The number of ether oxygens (including phenoxy) is 1. The van der Waals surface area contributed by atoms with Crippen LogP contribution in [0.25, 0.3) is 11.1 Å². The Morgan fingerprint density at radius 2 is 1.65 bits per heavy atom. The highest BCUT2D eigenvalue weighted by molar-refractivity contribution is 5.84. The molecule has 0 unspecified atom stereocenters. The van der Waals surface area contributed by atoms with Crippen LogP contribution < -0.4 is 5.32 Å². The molecule has 2 aliphatic carbocycles. The Hall–Kier alpha value is -3.49. The van der Waals surface area contributed by atoms with Crippen molar-refractivity contribution in [2.24, 2.45) is 11.8 Å². The number of fused-ring (bicyclic) bond motifs is 3. The van der Waals surface area contributed by atoms with Crippen molar-refractivity contribution >= 4 is 18.0 Å². The molecule has 0 aromatic heterocycles. The number of nitrogens with zero attached hydrogens (tertiary/aromatic N) is 1. The first-order valence-corrected chi connectivity index (χ1v) is 11.2. The van der Waals surface area contributed by atoms with Gasteiger partial charge in [0.1, 0.15) is 12.5 Å². The number of benzene rings is 2. The molecule has 0 aliphatic heterocycles. The van der Waals surface area contributed by atoms with E-state index < -0.39 is 42.3 Å². The van der Waals surface area contributed by atoms with Crippen molar-refractivity contribution in [2.45, 2.75) is 25.2 Å². The van der Waals surface area contributed by atoms with E-state index in [1.165, 1.54) is 0 Å². The lowest BCUT2D eigenvalue weighted by Gasteiger charge is -2.19. The molecule has 7 nitrogen and oxygen atoms in total. The highest BCUT2D eigenvalue weighted by Crippen LogP contribution is 2.55. The number of carboxylic acid groups (broad SMARTS) is 1. The molecule has 9 heteroatoms. The summed E-state index contributed by atoms with van der Waals surface area (Å²) in [7, 11) is 0. The minimum absolute atomic E-state index is 0.0576. The number of hydrogen-bond acceptors (Lipinski definition) is 4. The Morgan fingerprint density at radius 1 is 1.06 bits per heavy atom. The van der Waals surface area contributed by atoms with Gasteiger partial charge in [-0.05, 0) is 29.2 Å². The monoisotopic (exact) mass is 472 g/mol. The van der Waals surface area contributed by atoms with Gasteiger partial charge in [0.15, 0.2) is 0 Å². The molecule has 1 saturated carbocycles. The average molecular weight is 472 g/mol. The largest absolute Gasteiger partial charge is 0.481 e. The predicted octanol–water partition coefficient (Wildman–Crippen LogP) is 3.73. The maximum absolute atomic E-state index is 14.3. The smallest absolute Gasteiger partial charge is 0.407 e. The van der Waals surface area contributed by atoms with Gasteiger partial charge in [-0.2, -0.15) is 0 Å². The van der Waals surface area contributed by atoms with Gasteiger partial charge in [-0.3, -0.25) is 9.59 Å². The first-order chi connectivity index (χ1) is 16.3. The van der Waals surface area contributed by atoms with Crippen molar-refractivity contribution in [3.8, 4) is 11.1 Å². The highest BCUT2D eigenvalue weighted by atomic mass is 19.3. The number of rotatable bonds is 9. The molecular weight excluding hydrogens is 446 g/mol. The van der Waals surface area contributed by atoms with Gasteiger partial charge >= 0.3 is 12.1 Å². The summed E-state index contributed by atoms with van der Waals surface area (Å²) < 4.78 is 33.9. The summed E-state index contributed by atoms with van der Waals surface area (Å²) in [5, 5.41) is 11.1. The van der Waals surface area contributed by atoms with Gasteiger partial charge in [0, 0.05) is 25.6 Å². The fraction of sp³-hybridized carbons (Fsp3) is 0.400. The summed E-state index contributed by atoms with van der Waals surface area (Å²) in [6.45, 7) is 1.25. The van der Waals surface area contributed by atoms with Crippen LogP contribution in [-0.2, 0) is 14.3 Å². The SMILES string of the molecule is CCN(CCC(=O)O)C(=O)[C@@H]1[C@H](CNC(=O)OCC2c3ccccc3-c3ccccc32)C1(F)F. The van der Waals surface area contributed by atoms with E-state index in [4.69, 9.17) is 9.84 Å². The molecule has 0 saturated heterocycles. The van der Waals surface area contributed by atoms with Crippen LogP contribution in [0.5, 0.6) is 0 Å². The predicted molar refractivity (Wildman–Crippen MR) is 120 cm³/mol. The number of carbonyl (C=O) groups excluding carboxylic acids is 2. The van der Waals surface area contributed by atoms with Crippen LogP contribution in [0.4, 0.5) is 13.6 Å². The number of amides is 2. The molecule has 4 rings (SSSR count). The van der Waals surface area contributed by atoms with Gasteiger partial charge in [-0.15, -0.1) is 0 Å². The molecule has 180 valence electrons. The van der Waals surface area contributed by atoms with E-state index in [9.17, 15) is 23.2 Å². The molecule has 2 aliphatic rings. The topological polar surface area (TPSA) is 95.9 Å². The van der Waals surface area contributed by atoms with Crippen molar-refractivity contribution in [2.75, 3.05) is 26.2 Å². The minimum atomic E-state index is -3.26. The lowest BCUT2D eigenvalue weighted by molar-refractivity contribution is -0.139. The molecule has 2 aromatic carbocycles. The number of carbonyl (C=O) groups is 3. The molecule has 0 bridgehead atoms. The summed E-state index contributed by atoms with van der Waals surface area (Å²) in [5.74, 6) is -8.24. The van der Waals surface area contributed by atoms with E-state index in [0.29, 0.717) is 0 Å². The van der Waals surface area contributed by atoms with Crippen LogP contribution in [0.2, 0.25) is 0 Å². The van der Waals surface area contributed by atoms with Gasteiger partial charge in [-0.25, -0.2) is 13.6 Å². The molecule has 0 spiro atoms. The van der Waals surface area contributed by atoms with Gasteiger partial charge in [-0.1, -0.05) is 48.5 Å². The maximum atomic E-state index is 14.3. The zero-order valence-corrected chi connectivity index (χ0v) is 18.7. The maximum Gasteiger partial charge on any atom is 0.407 e. The molecule has 1 fully saturated rings. The molecule has 2 amide bonds. The third kappa shape index (κ3) is 4.47. The molecule has 34 heavy (non-hydrogen) atoms. The number of nitrogens with one attached hydrogen (secondary N) is 1. The summed E-state index contributed by atoms with van der Waals surface area (Å²) >= 11 is 0. The molecule has 0 radical (unpaired) electrons. The Kier molecular flexibility index (Phi) is 6.54. The van der Waals surface area contributed by atoms with Crippen LogP contribution in [0.1, 0.15) is 30.4 Å². The number of carboxylic acids is 1. The van der Waals surface area contributed by atoms with Crippen LogP contribution in [-0.4, -0.2) is 60.1 Å². The number of halogens is 2. The first-order valence-electron chi connectivity index (χ1n) is 11.2. The van der Waals surface area contributed by atoms with E-state index in [-0.39, 0.29) is 32.0 Å². The van der Waals surface area contributed by atoms with Crippen LogP contribution in [0.3, 0.4) is 0 Å². The summed E-state index contributed by atoms with van der Waals surface area (Å²) in [6, 6.07) is 15.7. The Balaban J connectivity index is 1.32. The zero-order chi connectivity index (χ0) is 24.5. The van der Waals surface area contributed by atoms with Crippen LogP contribution in [0, 0.1) is 11.8 Å². The number of alkyl halides is 2. The van der Waals surface area contributed by atoms with Crippen molar-refractivity contribution in [3.05, 3.63) is 59.7 Å². The number of alkyl carbamates (subject to hydrolysis) is 1. The Labute approximate surface area is 195 Å². The normalized spacial score (nSPS) is 19.6. The molecule has 2 N–H and O–H groups in total. The summed E-state index contributed by atoms with van der Waals surface area (Å²) in [4.78, 5) is 36.6. The lowest BCUT2D eigenvalue weighted by Crippen LogP contribution is -2.36. The van der Waals surface area contributed by atoms with E-state index in [1.807, 2.05) is 48.5 Å². The number of aliphatic carboxylic acids is 1. The van der Waals surface area contributed by atoms with Gasteiger partial charge in [0.2, 0.25) is 5.91 Å². The Bertz CT molecular complexity index is 1060. The molecule has 0 heterocycles. The van der Waals surface area contributed by atoms with Gasteiger partial charge in [0.05, 0.1) is 12.3 Å². The quantitative estimate of drug-likeness (QED) is 0.580. The number of hydrogen-bond donors (Lipinski definition) is 2. The fourth-order valence-corrected chi connectivity index (χ4v) is 4.67. The summed E-state index contributed by atoms with van der Waals surface area (Å²) in [6.07, 6.45) is -1.14. The van der Waals surface area contributed by atoms with Crippen molar-refractivity contribution < 1.29 is 33.0 Å². The molecule has 2 atom stereocenters. The van der Waals surface area contributed by atoms with Gasteiger partial charge in [0.25, 0.3) is 5.92 Å². The molecular formula is C25H26F2N2O5. The fourth-order valence-electron chi connectivity index (χ4n) is 4.67. The minimum Gasteiger partial charge on any atom is -0.481 e. The van der Waals surface area contributed by atoms with Crippen molar-refractivity contribution in [1.82, 2.24) is 10.2 Å². The molecule has 2 aromatic rings. The van der Waals surface area contributed by atoms with E-state index in [0.717, 1.165) is 27.2 Å². The van der Waals surface area contributed by atoms with E-state index >= 15 is 0 Å². The van der Waals surface area contributed by atoms with Crippen molar-refractivity contribution in [3.63, 3.8) is 0 Å². The second-order valence-electron chi connectivity index (χ2n) is 8.53. The van der Waals surface area contributed by atoms with Gasteiger partial charge < -0.3 is 20.1 Å². The first kappa shape index (κ1) is 23.7. The van der Waals surface area contributed by atoms with E-state index in [2.05, 4.69) is 5.32 Å². The Morgan fingerprint density at radius 3 is 2.21 bits per heavy atom. The average Bonchev–Trinajstić information content (AvgIpc) is 3.22. The summed E-state index contributed by atoms with van der Waals surface area (Å²) in [5.41, 5.74) is 4.23. The third-order valence-electron chi connectivity index (χ3n) is 6.57. The lowest BCUT2D eigenvalue weighted by atomic mass is 9.98. The second-order valence-corrected chi connectivity index (χ2v) is 8.53. The van der Waals surface area contributed by atoms with Crippen LogP contribution in [0.15, 0.2) is 48.5 Å².